The minimum absolute atomic E-state index is 0.295. The predicted octanol–water partition coefficient (Wildman–Crippen LogP) is 1.49. The molecule has 6 atom stereocenters. The molecule has 0 amide bonds. The van der Waals surface area contributed by atoms with Crippen molar-refractivity contribution in [1.82, 2.24) is 9.55 Å². The summed E-state index contributed by atoms with van der Waals surface area (Å²) >= 11 is 0. The summed E-state index contributed by atoms with van der Waals surface area (Å²) in [4.78, 5) is 54.8. The molecule has 1 aliphatic heterocycles. The molecule has 15 nitrogen and oxygen atoms in total. The fraction of sp³-hybridized carbons (Fsp3) is 0.750. The lowest BCUT2D eigenvalue weighted by Crippen LogP contribution is -2.35. The maximum Gasteiger partial charge on any atom is 0.490 e. The number of aromatic nitrogens is 2. The fourth-order valence-corrected chi connectivity index (χ4v) is 8.25. The van der Waals surface area contributed by atoms with Crippen LogP contribution in [0.3, 0.4) is 0 Å². The molecule has 1 aromatic heterocycles. The van der Waals surface area contributed by atoms with Crippen LogP contribution >= 0.6 is 23.5 Å². The molecule has 192 valence electrons. The van der Waals surface area contributed by atoms with E-state index in [0.29, 0.717) is 25.5 Å². The van der Waals surface area contributed by atoms with E-state index in [-0.39, 0.29) is 11.5 Å². The zero-order chi connectivity index (χ0) is 25.4. The summed E-state index contributed by atoms with van der Waals surface area (Å²) in [6.45, 7) is 2.67. The number of hydrogen-bond acceptors (Lipinski definition) is 10. The molecule has 1 aromatic rings. The van der Waals surface area contributed by atoms with E-state index in [4.69, 9.17) is 14.2 Å². The molecule has 34 heavy (non-hydrogen) atoms. The highest BCUT2D eigenvalue weighted by atomic mass is 31.3. The third kappa shape index (κ3) is 4.85. The second kappa shape index (κ2) is 8.03. The number of fused-ring (bicyclic) bond motifs is 1. The number of aromatic amines is 1. The Bertz CT molecular complexity index is 1270. The van der Waals surface area contributed by atoms with E-state index in [1.807, 2.05) is 0 Å². The zero-order valence-electron chi connectivity index (χ0n) is 18.4. The van der Waals surface area contributed by atoms with Crippen LogP contribution in [0.1, 0.15) is 44.2 Å². The molecule has 4 rings (SSSR count). The number of H-pyrrole nitrogens is 1. The monoisotopic (exact) mass is 546 g/mol. The van der Waals surface area contributed by atoms with Gasteiger partial charge < -0.3 is 19.4 Å². The summed E-state index contributed by atoms with van der Waals surface area (Å²) in [5, 5.41) is 0. The van der Waals surface area contributed by atoms with Crippen LogP contribution in [0.25, 0.3) is 0 Å². The van der Waals surface area contributed by atoms with Crippen LogP contribution in [0.5, 0.6) is 0 Å². The Kier molecular flexibility index (Phi) is 6.17. The van der Waals surface area contributed by atoms with Gasteiger partial charge in [-0.05, 0) is 33.1 Å². The van der Waals surface area contributed by atoms with Crippen LogP contribution in [0.2, 0.25) is 0 Å². The standard InChI is InChI=1S/C16H25N2O13P3/c1-10-7-18(13(20)17-12(10)19)11-6-16(11)15(4-5-15)8-14(2,29-16)9-28-33(23,24)31-34(25,26)30-32(21,22)27-3/h7,11H,4-6,8-9H2,1-3H3,(H,21,22)(H,23,24)(H,25,26)(H,17,19,20). The van der Waals surface area contributed by atoms with E-state index in [0.717, 1.165) is 12.8 Å². The van der Waals surface area contributed by atoms with E-state index in [1.165, 1.54) is 10.8 Å². The molecule has 0 aromatic carbocycles. The Morgan fingerprint density at radius 2 is 1.76 bits per heavy atom. The maximum atomic E-state index is 12.3. The summed E-state index contributed by atoms with van der Waals surface area (Å²) in [5.74, 6) is 0. The van der Waals surface area contributed by atoms with Crippen LogP contribution < -0.4 is 11.2 Å². The Hall–Kier alpha value is -0.950. The smallest absolute Gasteiger partial charge is 0.364 e. The number of phosphoric ester groups is 2. The lowest BCUT2D eigenvalue weighted by molar-refractivity contribution is -0.0817. The van der Waals surface area contributed by atoms with E-state index in [2.05, 4.69) is 18.1 Å². The Morgan fingerprint density at radius 3 is 2.35 bits per heavy atom. The van der Waals surface area contributed by atoms with Gasteiger partial charge in [0.1, 0.15) is 0 Å². The molecule has 2 saturated carbocycles. The number of nitrogens with one attached hydrogen (secondary N) is 1. The highest BCUT2D eigenvalue weighted by molar-refractivity contribution is 7.66. The number of ether oxygens (including phenoxy) is 1. The van der Waals surface area contributed by atoms with Gasteiger partial charge in [0.05, 0.1) is 23.9 Å². The van der Waals surface area contributed by atoms with Crippen LogP contribution in [0, 0.1) is 12.3 Å². The van der Waals surface area contributed by atoms with Gasteiger partial charge in [-0.15, -0.1) is 0 Å². The highest BCUT2D eigenvalue weighted by Gasteiger charge is 2.79. The van der Waals surface area contributed by atoms with Crippen molar-refractivity contribution in [1.29, 1.82) is 0 Å². The van der Waals surface area contributed by atoms with Crippen molar-refractivity contribution >= 4 is 23.5 Å². The first-order valence-electron chi connectivity index (χ1n) is 10.1. The van der Waals surface area contributed by atoms with Crippen molar-refractivity contribution in [3.63, 3.8) is 0 Å². The van der Waals surface area contributed by atoms with E-state index < -0.39 is 52.5 Å². The molecule has 0 bridgehead atoms. The molecule has 18 heteroatoms. The van der Waals surface area contributed by atoms with Gasteiger partial charge in [0.15, 0.2) is 0 Å². The largest absolute Gasteiger partial charge is 0.490 e. The number of aryl methyl sites for hydroxylation is 1. The van der Waals surface area contributed by atoms with Crippen LogP contribution in [0.15, 0.2) is 15.8 Å². The average molecular weight is 546 g/mol. The molecule has 2 spiro atoms. The minimum atomic E-state index is -5.51. The molecular formula is C16H25N2O13P3. The molecule has 3 aliphatic rings. The highest BCUT2D eigenvalue weighted by Crippen LogP contribution is 2.78. The molecule has 2 heterocycles. The van der Waals surface area contributed by atoms with E-state index in [1.54, 1.807) is 13.8 Å². The Labute approximate surface area is 192 Å². The summed E-state index contributed by atoms with van der Waals surface area (Å²) < 4.78 is 59.8. The molecule has 0 radical (unpaired) electrons. The van der Waals surface area contributed by atoms with Crippen molar-refractivity contribution in [2.75, 3.05) is 13.7 Å². The first kappa shape index (κ1) is 26.1. The van der Waals surface area contributed by atoms with Crippen LogP contribution in [-0.2, 0) is 36.1 Å². The SMILES string of the molecule is COP(=O)(O)OP(=O)(O)OP(=O)(O)OCC1(C)CC2(CC2)C2(CC2n2cc(C)c(=O)[nH]c2=O)O1. The molecule has 6 unspecified atom stereocenters. The van der Waals surface area contributed by atoms with Crippen molar-refractivity contribution in [2.24, 2.45) is 5.41 Å². The van der Waals surface area contributed by atoms with Gasteiger partial charge in [-0.3, -0.25) is 23.4 Å². The first-order chi connectivity index (χ1) is 15.5. The molecule has 1 saturated heterocycles. The van der Waals surface area contributed by atoms with Gasteiger partial charge >= 0.3 is 29.2 Å². The Balaban J connectivity index is 1.46. The normalized spacial score (nSPS) is 34.5. The summed E-state index contributed by atoms with van der Waals surface area (Å²) in [7, 11) is -15.0. The lowest BCUT2D eigenvalue weighted by atomic mass is 9.89. The Morgan fingerprint density at radius 1 is 1.15 bits per heavy atom. The van der Waals surface area contributed by atoms with E-state index in [9.17, 15) is 33.1 Å². The van der Waals surface area contributed by atoms with Gasteiger partial charge in [0, 0.05) is 30.7 Å². The fourth-order valence-electron chi connectivity index (χ4n) is 4.88. The number of hydrogen-bond donors (Lipinski definition) is 4. The zero-order valence-corrected chi connectivity index (χ0v) is 21.1. The van der Waals surface area contributed by atoms with E-state index >= 15 is 0 Å². The molecule has 4 N–H and O–H groups in total. The van der Waals surface area contributed by atoms with Gasteiger partial charge in [0.25, 0.3) is 5.56 Å². The first-order valence-corrected chi connectivity index (χ1v) is 14.6. The van der Waals surface area contributed by atoms with Crippen LogP contribution in [-0.4, -0.2) is 49.2 Å². The molecule has 3 fully saturated rings. The number of nitrogens with zero attached hydrogens (tertiary/aromatic N) is 1. The topological polar surface area (TPSA) is 213 Å². The number of phosphoric acid groups is 3. The van der Waals surface area contributed by atoms with Gasteiger partial charge in [-0.2, -0.15) is 8.62 Å². The summed E-state index contributed by atoms with van der Waals surface area (Å²) in [5.41, 5.74) is -2.83. The average Bonchev–Trinajstić information content (AvgIpc) is 3.57. The van der Waals surface area contributed by atoms with Crippen LogP contribution in [0.4, 0.5) is 0 Å². The minimum Gasteiger partial charge on any atom is -0.364 e. The van der Waals surface area contributed by atoms with Gasteiger partial charge in [0.2, 0.25) is 0 Å². The summed E-state index contributed by atoms with van der Waals surface area (Å²) in [6.07, 6.45) is 3.97. The maximum absolute atomic E-state index is 12.3. The molecule has 2 aliphatic carbocycles. The van der Waals surface area contributed by atoms with Crippen molar-refractivity contribution in [3.05, 3.63) is 32.6 Å². The lowest BCUT2D eigenvalue weighted by Gasteiger charge is -2.26. The van der Waals surface area contributed by atoms with Crippen molar-refractivity contribution < 1.29 is 50.8 Å². The number of rotatable bonds is 9. The second-order valence-corrected chi connectivity index (χ2v) is 13.9. The van der Waals surface area contributed by atoms with Crippen molar-refractivity contribution in [2.45, 2.75) is 56.8 Å². The second-order valence-electron chi connectivity index (χ2n) is 9.12. The molecular weight excluding hydrogens is 521 g/mol. The third-order valence-corrected chi connectivity index (χ3v) is 10.6. The van der Waals surface area contributed by atoms with Crippen molar-refractivity contribution in [3.8, 4) is 0 Å². The van der Waals surface area contributed by atoms with Gasteiger partial charge in [-0.1, -0.05) is 0 Å². The third-order valence-electron chi connectivity index (χ3n) is 6.42. The quantitative estimate of drug-likeness (QED) is 0.324. The predicted molar refractivity (Wildman–Crippen MR) is 113 cm³/mol. The summed E-state index contributed by atoms with van der Waals surface area (Å²) in [6, 6.07) is -0.351. The van der Waals surface area contributed by atoms with Gasteiger partial charge in [-0.25, -0.2) is 18.5 Å².